The van der Waals surface area contributed by atoms with Gasteiger partial charge in [-0.25, -0.2) is 0 Å². The van der Waals surface area contributed by atoms with E-state index in [-0.39, 0.29) is 17.1 Å². The summed E-state index contributed by atoms with van der Waals surface area (Å²) in [6, 6.07) is 13.5. The zero-order valence-corrected chi connectivity index (χ0v) is 17.2. The lowest BCUT2D eigenvalue weighted by Crippen LogP contribution is -2.21. The largest absolute Gasteiger partial charge is 0.426 e. The Labute approximate surface area is 167 Å². The number of rotatable bonds is 6. The molecule has 0 aliphatic carbocycles. The topological polar surface area (TPSA) is 69.7 Å². The minimum Gasteiger partial charge on any atom is -0.426 e. The van der Waals surface area contributed by atoms with Crippen LogP contribution in [-0.2, 0) is 9.59 Å². The number of esters is 2. The second-order valence-electron chi connectivity index (χ2n) is 5.39. The Bertz CT molecular complexity index is 834. The quantitative estimate of drug-likeness (QED) is 0.259. The van der Waals surface area contributed by atoms with Gasteiger partial charge in [0.1, 0.15) is 11.5 Å². The van der Waals surface area contributed by atoms with Gasteiger partial charge in [-0.3, -0.25) is 14.4 Å². The minimum atomic E-state index is -0.684. The van der Waals surface area contributed by atoms with Gasteiger partial charge in [0.15, 0.2) is 5.78 Å². The van der Waals surface area contributed by atoms with Crippen molar-refractivity contribution in [3.05, 3.63) is 59.7 Å². The van der Waals surface area contributed by atoms with Gasteiger partial charge < -0.3 is 9.47 Å². The van der Waals surface area contributed by atoms with E-state index in [1.165, 1.54) is 13.8 Å². The molecule has 0 fully saturated rings. The zero-order chi connectivity index (χ0) is 19.3. The van der Waals surface area contributed by atoms with Gasteiger partial charge in [0.2, 0.25) is 0 Å². The van der Waals surface area contributed by atoms with Crippen LogP contribution in [-0.4, -0.2) is 22.5 Å². The zero-order valence-electron chi connectivity index (χ0n) is 14.1. The molecule has 2 rings (SSSR count). The first-order valence-corrected chi connectivity index (χ1v) is 9.51. The first kappa shape index (κ1) is 20.3. The molecule has 2 unspecified atom stereocenters. The summed E-state index contributed by atoms with van der Waals surface area (Å²) < 4.78 is 10.3. The molecule has 0 saturated carbocycles. The van der Waals surface area contributed by atoms with Crippen LogP contribution in [0.25, 0.3) is 0 Å². The van der Waals surface area contributed by atoms with Crippen molar-refractivity contribution in [3.63, 3.8) is 0 Å². The molecule has 7 heteroatoms. The number of alkyl halides is 2. The Morgan fingerprint density at radius 1 is 0.808 bits per heavy atom. The monoisotopic (exact) mass is 482 g/mol. The highest BCUT2D eigenvalue weighted by Crippen LogP contribution is 2.39. The van der Waals surface area contributed by atoms with Crippen LogP contribution in [0.3, 0.4) is 0 Å². The third-order valence-electron chi connectivity index (χ3n) is 3.38. The number of ketones is 1. The normalized spacial score (nSPS) is 12.8. The van der Waals surface area contributed by atoms with Crippen LogP contribution < -0.4 is 9.47 Å². The van der Waals surface area contributed by atoms with Crippen molar-refractivity contribution in [1.29, 1.82) is 0 Å². The van der Waals surface area contributed by atoms with Gasteiger partial charge in [0, 0.05) is 19.4 Å². The summed E-state index contributed by atoms with van der Waals surface area (Å²) in [6.45, 7) is 2.58. The summed E-state index contributed by atoms with van der Waals surface area (Å²) in [5, 5.41) is 0. The third-order valence-corrected chi connectivity index (χ3v) is 6.06. The van der Waals surface area contributed by atoms with Crippen molar-refractivity contribution >= 4 is 49.6 Å². The number of benzene rings is 2. The van der Waals surface area contributed by atoms with Gasteiger partial charge in [-0.05, 0) is 18.2 Å². The molecule has 0 heterocycles. The summed E-state index contributed by atoms with van der Waals surface area (Å²) in [6.07, 6.45) is 0. The maximum absolute atomic E-state index is 12.9. The van der Waals surface area contributed by atoms with Crippen LogP contribution >= 0.6 is 31.9 Å². The highest BCUT2D eigenvalue weighted by Gasteiger charge is 2.30. The lowest BCUT2D eigenvalue weighted by Gasteiger charge is -2.19. The molecule has 0 aromatic heterocycles. The van der Waals surface area contributed by atoms with Crippen molar-refractivity contribution in [2.75, 3.05) is 0 Å². The summed E-state index contributed by atoms with van der Waals surface area (Å²) >= 11 is 6.90. The second-order valence-corrected chi connectivity index (χ2v) is 7.36. The highest BCUT2D eigenvalue weighted by molar-refractivity contribution is 9.12. The average Bonchev–Trinajstić information content (AvgIpc) is 2.60. The average molecular weight is 484 g/mol. The highest BCUT2D eigenvalue weighted by atomic mass is 79.9. The predicted molar refractivity (Wildman–Crippen MR) is 104 cm³/mol. The SMILES string of the molecule is CC(=O)Oc1ccccc1C(=O)C(Br)C(Br)c1ccccc1OC(C)=O. The molecule has 0 aliphatic rings. The van der Waals surface area contributed by atoms with E-state index in [2.05, 4.69) is 31.9 Å². The molecule has 2 atom stereocenters. The Hall–Kier alpha value is -1.99. The number of carbonyl (C=O) groups is 3. The van der Waals surface area contributed by atoms with Gasteiger partial charge in [-0.2, -0.15) is 0 Å². The molecule has 2 aromatic carbocycles. The maximum Gasteiger partial charge on any atom is 0.308 e. The first-order valence-electron chi connectivity index (χ1n) is 7.68. The van der Waals surface area contributed by atoms with Gasteiger partial charge in [-0.1, -0.05) is 62.2 Å². The maximum atomic E-state index is 12.9. The van der Waals surface area contributed by atoms with E-state index in [0.29, 0.717) is 11.3 Å². The number of hydrogen-bond donors (Lipinski definition) is 0. The summed E-state index contributed by atoms with van der Waals surface area (Å²) in [7, 11) is 0. The Kier molecular flexibility index (Phi) is 7.11. The number of hydrogen-bond acceptors (Lipinski definition) is 5. The number of para-hydroxylation sites is 2. The molecule has 0 amide bonds. The standard InChI is InChI=1S/C19H16Br2O5/c1-11(22)25-15-9-5-3-7-13(15)17(20)18(21)19(24)14-8-4-6-10-16(14)26-12(2)23/h3-10,17-18H,1-2H3. The fraction of sp³-hybridized carbons (Fsp3) is 0.211. The lowest BCUT2D eigenvalue weighted by atomic mass is 10.0. The van der Waals surface area contributed by atoms with Crippen molar-refractivity contribution in [2.24, 2.45) is 0 Å². The molecule has 5 nitrogen and oxygen atoms in total. The van der Waals surface area contributed by atoms with Crippen molar-refractivity contribution < 1.29 is 23.9 Å². The lowest BCUT2D eigenvalue weighted by molar-refractivity contribution is -0.132. The molecular formula is C19H16Br2O5. The van der Waals surface area contributed by atoms with Crippen molar-refractivity contribution in [1.82, 2.24) is 0 Å². The smallest absolute Gasteiger partial charge is 0.308 e. The molecule has 0 spiro atoms. The number of halogens is 2. The van der Waals surface area contributed by atoms with Crippen molar-refractivity contribution in [3.8, 4) is 11.5 Å². The number of ether oxygens (including phenoxy) is 2. The molecule has 26 heavy (non-hydrogen) atoms. The molecule has 0 bridgehead atoms. The van der Waals surface area contributed by atoms with Gasteiger partial charge in [0.05, 0.1) is 15.2 Å². The summed E-state index contributed by atoms with van der Waals surface area (Å²) in [5.74, 6) is -0.669. The van der Waals surface area contributed by atoms with Crippen LogP contribution in [0, 0.1) is 0 Å². The molecule has 0 N–H and O–H groups in total. The van der Waals surface area contributed by atoms with Crippen LogP contribution in [0.1, 0.15) is 34.6 Å². The predicted octanol–water partition coefficient (Wildman–Crippen LogP) is 4.62. The molecule has 0 aliphatic heterocycles. The van der Waals surface area contributed by atoms with Crippen LogP contribution in [0.4, 0.5) is 0 Å². The first-order chi connectivity index (χ1) is 12.3. The molecular weight excluding hydrogens is 468 g/mol. The summed E-state index contributed by atoms with van der Waals surface area (Å²) in [5.41, 5.74) is 0.918. The number of carbonyl (C=O) groups excluding carboxylic acids is 3. The third kappa shape index (κ3) is 5.02. The van der Waals surface area contributed by atoms with E-state index in [1.54, 1.807) is 48.5 Å². The van der Waals surface area contributed by atoms with E-state index in [4.69, 9.17) is 9.47 Å². The molecule has 136 valence electrons. The second kappa shape index (κ2) is 9.09. The van der Waals surface area contributed by atoms with Crippen LogP contribution in [0.2, 0.25) is 0 Å². The Morgan fingerprint density at radius 2 is 1.31 bits per heavy atom. The fourth-order valence-corrected chi connectivity index (χ4v) is 3.46. The van der Waals surface area contributed by atoms with Gasteiger partial charge in [0.25, 0.3) is 0 Å². The van der Waals surface area contributed by atoms with E-state index >= 15 is 0 Å². The molecule has 2 aromatic rings. The molecule has 0 radical (unpaired) electrons. The van der Waals surface area contributed by atoms with Crippen molar-refractivity contribution in [2.45, 2.75) is 23.5 Å². The van der Waals surface area contributed by atoms with E-state index in [0.717, 1.165) is 0 Å². The van der Waals surface area contributed by atoms with Crippen LogP contribution in [0.5, 0.6) is 11.5 Å². The fourth-order valence-electron chi connectivity index (χ4n) is 2.31. The summed E-state index contributed by atoms with van der Waals surface area (Å²) in [4.78, 5) is 34.3. The van der Waals surface area contributed by atoms with E-state index in [1.807, 2.05) is 0 Å². The van der Waals surface area contributed by atoms with Gasteiger partial charge >= 0.3 is 11.9 Å². The van der Waals surface area contributed by atoms with Crippen LogP contribution in [0.15, 0.2) is 48.5 Å². The van der Waals surface area contributed by atoms with E-state index in [9.17, 15) is 14.4 Å². The minimum absolute atomic E-state index is 0.197. The Balaban J connectivity index is 2.32. The number of Topliss-reactive ketones (excluding diaryl/α,β-unsaturated/α-hetero) is 1. The van der Waals surface area contributed by atoms with Gasteiger partial charge in [-0.15, -0.1) is 0 Å². The Morgan fingerprint density at radius 3 is 1.92 bits per heavy atom. The van der Waals surface area contributed by atoms with E-state index < -0.39 is 21.6 Å². The molecule has 0 saturated heterocycles.